The van der Waals surface area contributed by atoms with Crippen LogP contribution in [0.4, 0.5) is 0 Å². The Balaban J connectivity index is 0.00000242. The first kappa shape index (κ1) is 18.3. The third-order valence-corrected chi connectivity index (χ3v) is 3.55. The Morgan fingerprint density at radius 1 is 1.23 bits per heavy atom. The van der Waals surface area contributed by atoms with Crippen molar-refractivity contribution in [2.75, 3.05) is 26.2 Å². The molecule has 1 aliphatic heterocycles. The van der Waals surface area contributed by atoms with E-state index in [0.29, 0.717) is 32.6 Å². The summed E-state index contributed by atoms with van der Waals surface area (Å²) < 4.78 is 1.39. The highest BCUT2D eigenvalue weighted by Crippen LogP contribution is 2.06. The summed E-state index contributed by atoms with van der Waals surface area (Å²) in [6, 6.07) is -0.432. The van der Waals surface area contributed by atoms with Crippen LogP contribution >= 0.6 is 12.4 Å². The fraction of sp³-hybridized carbons (Fsp3) is 0.750. The van der Waals surface area contributed by atoms with Crippen molar-refractivity contribution in [2.24, 2.45) is 5.73 Å². The lowest BCUT2D eigenvalue weighted by molar-refractivity contribution is -0.140. The average molecular weight is 332 g/mol. The lowest BCUT2D eigenvalue weighted by Gasteiger charge is -2.35. The van der Waals surface area contributed by atoms with Gasteiger partial charge in [0.2, 0.25) is 11.8 Å². The van der Waals surface area contributed by atoms with Crippen LogP contribution in [0, 0.1) is 0 Å². The first-order valence-corrected chi connectivity index (χ1v) is 7.14. The zero-order valence-electron chi connectivity index (χ0n) is 12.6. The molecule has 2 heterocycles. The van der Waals surface area contributed by atoms with Crippen molar-refractivity contribution in [3.63, 3.8) is 0 Å². The Kier molecular flexibility index (Phi) is 7.19. The molecule has 0 radical (unpaired) electrons. The third kappa shape index (κ3) is 4.63. The molecule has 2 N–H and O–H groups in total. The number of carbonyl (C=O) groups is 2. The number of carbonyl (C=O) groups excluding carboxylic acids is 2. The Bertz CT molecular complexity index is 474. The highest BCUT2D eigenvalue weighted by atomic mass is 35.5. The molecule has 2 amide bonds. The smallest absolute Gasteiger partial charge is 0.244 e. The van der Waals surface area contributed by atoms with E-state index in [2.05, 4.69) is 15.5 Å². The van der Waals surface area contributed by atoms with E-state index in [-0.39, 0.29) is 30.8 Å². The van der Waals surface area contributed by atoms with Crippen molar-refractivity contribution in [2.45, 2.75) is 32.4 Å². The maximum Gasteiger partial charge on any atom is 0.244 e. The second kappa shape index (κ2) is 8.64. The maximum atomic E-state index is 12.1. The molecular weight excluding hydrogens is 310 g/mol. The van der Waals surface area contributed by atoms with Gasteiger partial charge in [0.15, 0.2) is 0 Å². The molecule has 1 atom stereocenters. The van der Waals surface area contributed by atoms with E-state index in [0.717, 1.165) is 6.42 Å². The zero-order valence-corrected chi connectivity index (χ0v) is 13.4. The topological polar surface area (TPSA) is 110 Å². The van der Waals surface area contributed by atoms with E-state index >= 15 is 0 Å². The van der Waals surface area contributed by atoms with Crippen LogP contribution in [0.5, 0.6) is 0 Å². The van der Waals surface area contributed by atoms with Crippen molar-refractivity contribution >= 4 is 24.2 Å². The molecule has 0 spiro atoms. The predicted octanol–water partition coefficient (Wildman–Crippen LogP) is -1.11. The zero-order chi connectivity index (χ0) is 15.2. The van der Waals surface area contributed by atoms with Crippen molar-refractivity contribution < 1.29 is 9.59 Å². The number of hydrogen-bond donors (Lipinski definition) is 1. The number of hydrogen-bond acceptors (Lipinski definition) is 6. The fourth-order valence-corrected chi connectivity index (χ4v) is 2.34. The van der Waals surface area contributed by atoms with E-state index in [1.165, 1.54) is 11.0 Å². The molecule has 1 aliphatic rings. The number of nitrogens with two attached hydrogens (primary N) is 1. The SMILES string of the molecule is CCCC(N)C(=O)N1CCN(C(=O)Cn2cnnn2)CC1.Cl. The first-order valence-electron chi connectivity index (χ1n) is 7.14. The number of piperazine rings is 1. The van der Waals surface area contributed by atoms with E-state index in [1.807, 2.05) is 6.92 Å². The molecule has 1 saturated heterocycles. The van der Waals surface area contributed by atoms with Crippen molar-refractivity contribution in [3.05, 3.63) is 6.33 Å². The van der Waals surface area contributed by atoms with Crippen molar-refractivity contribution in [1.29, 1.82) is 0 Å². The molecule has 1 unspecified atom stereocenters. The van der Waals surface area contributed by atoms with Gasteiger partial charge in [0, 0.05) is 26.2 Å². The van der Waals surface area contributed by atoms with Crippen molar-refractivity contribution in [1.82, 2.24) is 30.0 Å². The molecule has 124 valence electrons. The number of halogens is 1. The highest BCUT2D eigenvalue weighted by Gasteiger charge is 2.26. The normalized spacial score (nSPS) is 16.1. The van der Waals surface area contributed by atoms with Gasteiger partial charge < -0.3 is 15.5 Å². The Hall–Kier alpha value is -1.74. The lowest BCUT2D eigenvalue weighted by atomic mass is 10.1. The van der Waals surface area contributed by atoms with Crippen LogP contribution in [0.15, 0.2) is 6.33 Å². The molecule has 22 heavy (non-hydrogen) atoms. The number of nitrogens with zero attached hydrogens (tertiary/aromatic N) is 6. The molecule has 1 aromatic rings. The minimum atomic E-state index is -0.432. The number of rotatable bonds is 5. The molecule has 1 fully saturated rings. The maximum absolute atomic E-state index is 12.1. The minimum absolute atomic E-state index is 0. The lowest BCUT2D eigenvalue weighted by Crippen LogP contribution is -2.54. The van der Waals surface area contributed by atoms with Gasteiger partial charge in [-0.25, -0.2) is 4.68 Å². The first-order chi connectivity index (χ1) is 10.1. The summed E-state index contributed by atoms with van der Waals surface area (Å²) in [5, 5.41) is 10.6. The molecule has 0 aromatic carbocycles. The van der Waals surface area contributed by atoms with Gasteiger partial charge in [-0.05, 0) is 16.8 Å². The molecule has 9 nitrogen and oxygen atoms in total. The summed E-state index contributed by atoms with van der Waals surface area (Å²) >= 11 is 0. The fourth-order valence-electron chi connectivity index (χ4n) is 2.34. The van der Waals surface area contributed by atoms with Gasteiger partial charge in [-0.15, -0.1) is 17.5 Å². The summed E-state index contributed by atoms with van der Waals surface area (Å²) in [4.78, 5) is 27.6. The summed E-state index contributed by atoms with van der Waals surface area (Å²) in [5.41, 5.74) is 5.85. The van der Waals surface area contributed by atoms with E-state index in [4.69, 9.17) is 5.73 Å². The van der Waals surface area contributed by atoms with Crippen LogP contribution in [0.1, 0.15) is 19.8 Å². The van der Waals surface area contributed by atoms with Gasteiger partial charge in [0.05, 0.1) is 6.04 Å². The predicted molar refractivity (Wildman–Crippen MR) is 81.1 cm³/mol. The van der Waals surface area contributed by atoms with Gasteiger partial charge in [-0.1, -0.05) is 13.3 Å². The minimum Gasteiger partial charge on any atom is -0.338 e. The average Bonchev–Trinajstić information content (AvgIpc) is 3.00. The summed E-state index contributed by atoms with van der Waals surface area (Å²) in [7, 11) is 0. The molecule has 0 bridgehead atoms. The summed E-state index contributed by atoms with van der Waals surface area (Å²) in [6.45, 7) is 4.21. The second-order valence-electron chi connectivity index (χ2n) is 5.11. The molecule has 10 heteroatoms. The Morgan fingerprint density at radius 2 is 1.86 bits per heavy atom. The van der Waals surface area contributed by atoms with Gasteiger partial charge >= 0.3 is 0 Å². The number of aromatic nitrogens is 4. The Labute approximate surface area is 135 Å². The van der Waals surface area contributed by atoms with Crippen LogP contribution in [-0.2, 0) is 16.1 Å². The van der Waals surface area contributed by atoms with E-state index < -0.39 is 6.04 Å². The molecule has 2 rings (SSSR count). The van der Waals surface area contributed by atoms with Crippen LogP contribution < -0.4 is 5.73 Å². The molecule has 0 aliphatic carbocycles. The van der Waals surface area contributed by atoms with Crippen LogP contribution in [-0.4, -0.2) is 74.0 Å². The monoisotopic (exact) mass is 331 g/mol. The highest BCUT2D eigenvalue weighted by molar-refractivity contribution is 5.85. The van der Waals surface area contributed by atoms with Gasteiger partial charge in [-0.3, -0.25) is 9.59 Å². The second-order valence-corrected chi connectivity index (χ2v) is 5.11. The molecule has 0 saturated carbocycles. The third-order valence-electron chi connectivity index (χ3n) is 3.55. The van der Waals surface area contributed by atoms with Gasteiger partial charge in [0.1, 0.15) is 12.9 Å². The van der Waals surface area contributed by atoms with Crippen LogP contribution in [0.2, 0.25) is 0 Å². The van der Waals surface area contributed by atoms with Crippen LogP contribution in [0.25, 0.3) is 0 Å². The molecular formula is C12H22ClN7O2. The quantitative estimate of drug-likeness (QED) is 0.732. The van der Waals surface area contributed by atoms with Gasteiger partial charge in [0.25, 0.3) is 0 Å². The van der Waals surface area contributed by atoms with Crippen LogP contribution in [0.3, 0.4) is 0 Å². The van der Waals surface area contributed by atoms with Crippen molar-refractivity contribution in [3.8, 4) is 0 Å². The van der Waals surface area contributed by atoms with E-state index in [9.17, 15) is 9.59 Å². The standard InChI is InChI=1S/C12H21N7O2.ClH/c1-2-3-10(13)12(21)18-6-4-17(5-7-18)11(20)8-19-9-14-15-16-19;/h9-10H,2-8,13H2,1H3;1H. The summed E-state index contributed by atoms with van der Waals surface area (Å²) in [5.74, 6) is -0.0725. The van der Waals surface area contributed by atoms with E-state index in [1.54, 1.807) is 9.80 Å². The molecule has 1 aromatic heterocycles. The summed E-state index contributed by atoms with van der Waals surface area (Å²) in [6.07, 6.45) is 2.98. The number of tetrazole rings is 1. The largest absolute Gasteiger partial charge is 0.338 e. The number of amides is 2. The Morgan fingerprint density at radius 3 is 2.41 bits per heavy atom. The van der Waals surface area contributed by atoms with Gasteiger partial charge in [-0.2, -0.15) is 0 Å².